The van der Waals surface area contributed by atoms with Gasteiger partial charge in [-0.25, -0.2) is 4.39 Å². The summed E-state index contributed by atoms with van der Waals surface area (Å²) in [7, 11) is 1.61. The molecule has 1 heterocycles. The fraction of sp³-hybridized carbons (Fsp3) is 0.0714. The third-order valence-electron chi connectivity index (χ3n) is 2.99. The Labute approximate surface area is 128 Å². The number of ether oxygens (including phenoxy) is 1. The van der Waals surface area contributed by atoms with Gasteiger partial charge in [0.1, 0.15) is 11.6 Å². The molecular formula is C14H10BrFN2OS. The molecule has 0 unspecified atom stereocenters. The van der Waals surface area contributed by atoms with Gasteiger partial charge in [0.15, 0.2) is 4.77 Å². The van der Waals surface area contributed by atoms with Crippen molar-refractivity contribution >= 4 is 39.2 Å². The number of benzene rings is 2. The Balaban J connectivity index is 2.32. The van der Waals surface area contributed by atoms with Crippen LogP contribution in [0.3, 0.4) is 0 Å². The second kappa shape index (κ2) is 5.03. The predicted molar refractivity (Wildman–Crippen MR) is 82.7 cm³/mol. The molecule has 102 valence electrons. The molecule has 20 heavy (non-hydrogen) atoms. The molecule has 0 fully saturated rings. The Kier molecular flexibility index (Phi) is 3.35. The lowest BCUT2D eigenvalue weighted by Crippen LogP contribution is -1.95. The molecule has 3 aromatic rings. The molecule has 2 aromatic carbocycles. The van der Waals surface area contributed by atoms with Crippen molar-refractivity contribution in [1.29, 1.82) is 0 Å². The van der Waals surface area contributed by atoms with E-state index in [1.807, 2.05) is 22.8 Å². The summed E-state index contributed by atoms with van der Waals surface area (Å²) < 4.78 is 21.8. The Hall–Kier alpha value is -1.66. The average molecular weight is 353 g/mol. The van der Waals surface area contributed by atoms with E-state index in [0.29, 0.717) is 16.0 Å². The van der Waals surface area contributed by atoms with E-state index in [1.54, 1.807) is 13.2 Å². The van der Waals surface area contributed by atoms with Crippen LogP contribution in [-0.2, 0) is 0 Å². The molecular weight excluding hydrogens is 343 g/mol. The first kappa shape index (κ1) is 13.3. The van der Waals surface area contributed by atoms with Crippen LogP contribution < -0.4 is 4.74 Å². The van der Waals surface area contributed by atoms with Gasteiger partial charge >= 0.3 is 0 Å². The zero-order chi connectivity index (χ0) is 14.3. The van der Waals surface area contributed by atoms with Gasteiger partial charge in [-0.15, -0.1) is 0 Å². The monoisotopic (exact) mass is 352 g/mol. The topological polar surface area (TPSA) is 29.9 Å². The normalized spacial score (nSPS) is 10.9. The van der Waals surface area contributed by atoms with Crippen LogP contribution in [0, 0.1) is 10.6 Å². The molecule has 0 saturated heterocycles. The summed E-state index contributed by atoms with van der Waals surface area (Å²) in [5.74, 6) is 0.417. The van der Waals surface area contributed by atoms with E-state index < -0.39 is 0 Å². The van der Waals surface area contributed by atoms with Crippen LogP contribution in [-0.4, -0.2) is 16.7 Å². The minimum Gasteiger partial charge on any atom is -0.497 e. The zero-order valence-corrected chi connectivity index (χ0v) is 12.9. The largest absolute Gasteiger partial charge is 0.497 e. The SMILES string of the molecule is COc1cc(Br)cc(-n2c(=S)[nH]c3cc(F)ccc32)c1. The Morgan fingerprint density at radius 2 is 2.05 bits per heavy atom. The van der Waals surface area contributed by atoms with Crippen molar-refractivity contribution in [2.75, 3.05) is 7.11 Å². The Morgan fingerprint density at radius 3 is 2.80 bits per heavy atom. The molecule has 0 radical (unpaired) electrons. The number of hydrogen-bond donors (Lipinski definition) is 1. The first-order chi connectivity index (χ1) is 9.58. The van der Waals surface area contributed by atoms with Crippen LogP contribution in [0.5, 0.6) is 5.75 Å². The van der Waals surface area contributed by atoms with Gasteiger partial charge in [-0.3, -0.25) is 4.57 Å². The van der Waals surface area contributed by atoms with E-state index in [1.165, 1.54) is 12.1 Å². The quantitative estimate of drug-likeness (QED) is 0.683. The molecule has 6 heteroatoms. The number of imidazole rings is 1. The maximum Gasteiger partial charge on any atom is 0.182 e. The molecule has 1 N–H and O–H groups in total. The molecule has 0 saturated carbocycles. The minimum atomic E-state index is -0.298. The van der Waals surface area contributed by atoms with Crippen molar-refractivity contribution < 1.29 is 9.13 Å². The number of aromatic amines is 1. The number of H-pyrrole nitrogens is 1. The van der Waals surface area contributed by atoms with Crippen molar-refractivity contribution in [1.82, 2.24) is 9.55 Å². The van der Waals surface area contributed by atoms with Gasteiger partial charge in [-0.05, 0) is 42.5 Å². The molecule has 0 aliphatic carbocycles. The number of nitrogens with zero attached hydrogens (tertiary/aromatic N) is 1. The maximum absolute atomic E-state index is 13.3. The molecule has 3 nitrogen and oxygen atoms in total. The van der Waals surface area contributed by atoms with Crippen molar-refractivity contribution in [3.05, 3.63) is 51.5 Å². The van der Waals surface area contributed by atoms with E-state index in [-0.39, 0.29) is 5.82 Å². The fourth-order valence-electron chi connectivity index (χ4n) is 2.14. The average Bonchev–Trinajstić information content (AvgIpc) is 2.72. The summed E-state index contributed by atoms with van der Waals surface area (Å²) in [6.45, 7) is 0. The van der Waals surface area contributed by atoms with Crippen molar-refractivity contribution in [3.8, 4) is 11.4 Å². The summed E-state index contributed by atoms with van der Waals surface area (Å²) in [4.78, 5) is 3.00. The summed E-state index contributed by atoms with van der Waals surface area (Å²) >= 11 is 8.77. The number of methoxy groups -OCH3 is 1. The number of hydrogen-bond acceptors (Lipinski definition) is 2. The van der Waals surface area contributed by atoms with Crippen molar-refractivity contribution in [2.45, 2.75) is 0 Å². The molecule has 0 spiro atoms. The second-order valence-electron chi connectivity index (χ2n) is 4.28. The van der Waals surface area contributed by atoms with Crippen LogP contribution in [0.15, 0.2) is 40.9 Å². The summed E-state index contributed by atoms with van der Waals surface area (Å²) in [5, 5.41) is 0. The summed E-state index contributed by atoms with van der Waals surface area (Å²) in [6.07, 6.45) is 0. The second-order valence-corrected chi connectivity index (χ2v) is 5.58. The minimum absolute atomic E-state index is 0.298. The first-order valence-corrected chi connectivity index (χ1v) is 7.04. The molecule has 1 aromatic heterocycles. The third-order valence-corrected chi connectivity index (χ3v) is 3.74. The smallest absolute Gasteiger partial charge is 0.182 e. The molecule has 0 amide bonds. The lowest BCUT2D eigenvalue weighted by atomic mass is 10.2. The Bertz CT molecular complexity index is 856. The number of nitrogens with one attached hydrogen (secondary N) is 1. The number of fused-ring (bicyclic) bond motifs is 1. The van der Waals surface area contributed by atoms with E-state index in [4.69, 9.17) is 17.0 Å². The van der Waals surface area contributed by atoms with Crippen LogP contribution in [0.25, 0.3) is 16.7 Å². The van der Waals surface area contributed by atoms with Gasteiger partial charge in [0, 0.05) is 10.5 Å². The highest BCUT2D eigenvalue weighted by atomic mass is 79.9. The summed E-state index contributed by atoms with van der Waals surface area (Å²) in [5.41, 5.74) is 2.32. The van der Waals surface area contributed by atoms with Crippen LogP contribution >= 0.6 is 28.1 Å². The van der Waals surface area contributed by atoms with E-state index in [0.717, 1.165) is 15.7 Å². The Morgan fingerprint density at radius 1 is 1.25 bits per heavy atom. The number of rotatable bonds is 2. The highest BCUT2D eigenvalue weighted by Gasteiger charge is 2.09. The fourth-order valence-corrected chi connectivity index (χ4v) is 2.91. The first-order valence-electron chi connectivity index (χ1n) is 5.84. The van der Waals surface area contributed by atoms with Crippen LogP contribution in [0.4, 0.5) is 4.39 Å². The molecule has 3 rings (SSSR count). The zero-order valence-electron chi connectivity index (χ0n) is 10.5. The van der Waals surface area contributed by atoms with Crippen molar-refractivity contribution in [3.63, 3.8) is 0 Å². The standard InChI is InChI=1S/C14H10BrFN2OS/c1-19-11-5-8(15)4-10(7-11)18-13-3-2-9(16)6-12(13)17-14(18)20/h2-7H,1H3,(H,17,20). The highest BCUT2D eigenvalue weighted by molar-refractivity contribution is 9.10. The van der Waals surface area contributed by atoms with Gasteiger partial charge < -0.3 is 9.72 Å². The number of halogens is 2. The highest BCUT2D eigenvalue weighted by Crippen LogP contribution is 2.27. The number of aromatic nitrogens is 2. The molecule has 0 bridgehead atoms. The van der Waals surface area contributed by atoms with Gasteiger partial charge in [-0.2, -0.15) is 0 Å². The van der Waals surface area contributed by atoms with E-state index in [2.05, 4.69) is 20.9 Å². The van der Waals surface area contributed by atoms with Gasteiger partial charge in [0.05, 0.1) is 23.8 Å². The third kappa shape index (κ3) is 2.25. The van der Waals surface area contributed by atoms with Crippen LogP contribution in [0.2, 0.25) is 0 Å². The van der Waals surface area contributed by atoms with Crippen molar-refractivity contribution in [2.24, 2.45) is 0 Å². The van der Waals surface area contributed by atoms with E-state index >= 15 is 0 Å². The molecule has 0 atom stereocenters. The van der Waals surface area contributed by atoms with Gasteiger partial charge in [0.2, 0.25) is 0 Å². The summed E-state index contributed by atoms with van der Waals surface area (Å²) in [6, 6.07) is 10.2. The van der Waals surface area contributed by atoms with E-state index in [9.17, 15) is 4.39 Å². The van der Waals surface area contributed by atoms with Gasteiger partial charge in [0.25, 0.3) is 0 Å². The lowest BCUT2D eigenvalue weighted by molar-refractivity contribution is 0.414. The predicted octanol–water partition coefficient (Wildman–Crippen LogP) is 4.60. The van der Waals surface area contributed by atoms with Crippen LogP contribution in [0.1, 0.15) is 0 Å². The maximum atomic E-state index is 13.3. The molecule has 0 aliphatic rings. The lowest BCUT2D eigenvalue weighted by Gasteiger charge is -2.08. The van der Waals surface area contributed by atoms with Gasteiger partial charge in [-0.1, -0.05) is 15.9 Å². The molecule has 0 aliphatic heterocycles.